The van der Waals surface area contributed by atoms with Gasteiger partial charge < -0.3 is 15.4 Å². The molecule has 0 saturated heterocycles. The number of hydrogen-bond donors (Lipinski definition) is 3. The van der Waals surface area contributed by atoms with E-state index in [1.807, 2.05) is 0 Å². The Morgan fingerprint density at radius 1 is 1.50 bits per heavy atom. The van der Waals surface area contributed by atoms with Gasteiger partial charge in [0.15, 0.2) is 0 Å². The van der Waals surface area contributed by atoms with Gasteiger partial charge in [0, 0.05) is 12.2 Å². The molecule has 3 N–H and O–H groups in total. The lowest BCUT2D eigenvalue weighted by Gasteiger charge is -2.08. The Balaban J connectivity index is 2.65. The van der Waals surface area contributed by atoms with E-state index in [0.29, 0.717) is 24.9 Å². The lowest BCUT2D eigenvalue weighted by Crippen LogP contribution is -2.31. The monoisotopic (exact) mass is 252 g/mol. The van der Waals surface area contributed by atoms with Crippen LogP contribution in [0.4, 0.5) is 0 Å². The van der Waals surface area contributed by atoms with Crippen LogP contribution in [0.1, 0.15) is 41.4 Å². The van der Waals surface area contributed by atoms with Crippen molar-refractivity contribution in [2.45, 2.75) is 39.7 Å². The number of hydrogen-bond acceptors (Lipinski definition) is 3. The summed E-state index contributed by atoms with van der Waals surface area (Å²) in [5.41, 5.74) is 1.21. The summed E-state index contributed by atoms with van der Waals surface area (Å²) in [5.74, 6) is -0.362. The van der Waals surface area contributed by atoms with Crippen molar-refractivity contribution in [3.05, 3.63) is 33.2 Å². The van der Waals surface area contributed by atoms with Crippen LogP contribution in [0.3, 0.4) is 0 Å². The summed E-state index contributed by atoms with van der Waals surface area (Å²) in [6, 6.07) is 1.77. The van der Waals surface area contributed by atoms with Crippen molar-refractivity contribution in [1.29, 1.82) is 0 Å². The topological polar surface area (TPSA) is 82.2 Å². The van der Waals surface area contributed by atoms with Gasteiger partial charge in [0.1, 0.15) is 5.56 Å². The molecule has 1 amide bonds. The highest BCUT2D eigenvalue weighted by molar-refractivity contribution is 5.95. The van der Waals surface area contributed by atoms with Crippen molar-refractivity contribution < 1.29 is 9.90 Å². The fourth-order valence-corrected chi connectivity index (χ4v) is 1.82. The highest BCUT2D eigenvalue weighted by Crippen LogP contribution is 2.03. The Morgan fingerprint density at radius 2 is 2.17 bits per heavy atom. The number of aliphatic hydroxyl groups is 1. The summed E-state index contributed by atoms with van der Waals surface area (Å²) in [7, 11) is 0. The van der Waals surface area contributed by atoms with E-state index in [-0.39, 0.29) is 23.1 Å². The van der Waals surface area contributed by atoms with E-state index in [1.54, 1.807) is 26.8 Å². The van der Waals surface area contributed by atoms with Crippen LogP contribution in [-0.4, -0.2) is 28.6 Å². The highest BCUT2D eigenvalue weighted by Gasteiger charge is 2.13. The van der Waals surface area contributed by atoms with Crippen LogP contribution in [-0.2, 0) is 0 Å². The van der Waals surface area contributed by atoms with Crippen molar-refractivity contribution in [3.63, 3.8) is 0 Å². The molecule has 0 saturated carbocycles. The molecule has 1 aromatic rings. The molecule has 1 heterocycles. The SMILES string of the molecule is Cc1cc(C)c(C(=O)NCCCC(C)O)c(=O)[nH]1. The molecule has 0 fully saturated rings. The molecule has 1 rings (SSSR count). The standard InChI is InChI=1S/C13H20N2O3/c1-8-7-9(2)15-13(18)11(8)12(17)14-6-4-5-10(3)16/h7,10,16H,4-6H2,1-3H3,(H,14,17)(H,15,18). The predicted octanol–water partition coefficient (Wildman–Crippen LogP) is 0.883. The second-order valence-corrected chi connectivity index (χ2v) is 4.59. The Morgan fingerprint density at radius 3 is 2.72 bits per heavy atom. The first-order valence-electron chi connectivity index (χ1n) is 6.08. The molecule has 0 aromatic carbocycles. The number of nitrogens with one attached hydrogen (secondary N) is 2. The minimum atomic E-state index is -0.369. The summed E-state index contributed by atoms with van der Waals surface area (Å²) in [4.78, 5) is 26.1. The molecule has 0 radical (unpaired) electrons. The molecule has 1 unspecified atom stereocenters. The van der Waals surface area contributed by atoms with Crippen molar-refractivity contribution in [2.24, 2.45) is 0 Å². The summed E-state index contributed by atoms with van der Waals surface area (Å²) in [5, 5.41) is 11.8. The number of amides is 1. The van der Waals surface area contributed by atoms with Gasteiger partial charge in [0.25, 0.3) is 11.5 Å². The second-order valence-electron chi connectivity index (χ2n) is 4.59. The lowest BCUT2D eigenvalue weighted by molar-refractivity contribution is 0.0947. The first-order valence-corrected chi connectivity index (χ1v) is 6.08. The van der Waals surface area contributed by atoms with Gasteiger partial charge in [-0.2, -0.15) is 0 Å². The zero-order valence-electron chi connectivity index (χ0n) is 11.0. The number of rotatable bonds is 5. The Hall–Kier alpha value is -1.62. The molecule has 0 bridgehead atoms. The molecule has 0 aliphatic rings. The summed E-state index contributed by atoms with van der Waals surface area (Å²) >= 11 is 0. The van der Waals surface area contributed by atoms with Crippen LogP contribution < -0.4 is 10.9 Å². The van der Waals surface area contributed by atoms with Crippen LogP contribution in [0.25, 0.3) is 0 Å². The van der Waals surface area contributed by atoms with Crippen molar-refractivity contribution in [1.82, 2.24) is 10.3 Å². The zero-order chi connectivity index (χ0) is 13.7. The van der Waals surface area contributed by atoms with Crippen LogP contribution in [0.5, 0.6) is 0 Å². The minimum absolute atomic E-state index is 0.164. The fraction of sp³-hybridized carbons (Fsp3) is 0.538. The van der Waals surface area contributed by atoms with Gasteiger partial charge in [-0.15, -0.1) is 0 Å². The number of carbonyl (C=O) groups excluding carboxylic acids is 1. The van der Waals surface area contributed by atoms with E-state index in [9.17, 15) is 9.59 Å². The van der Waals surface area contributed by atoms with Gasteiger partial charge in [-0.25, -0.2) is 0 Å². The van der Waals surface area contributed by atoms with Gasteiger partial charge in [-0.05, 0) is 45.2 Å². The molecule has 18 heavy (non-hydrogen) atoms. The number of aryl methyl sites for hydroxylation is 2. The van der Waals surface area contributed by atoms with Crippen LogP contribution >= 0.6 is 0 Å². The number of aromatic nitrogens is 1. The van der Waals surface area contributed by atoms with E-state index < -0.39 is 0 Å². The number of carbonyl (C=O) groups is 1. The van der Waals surface area contributed by atoms with Crippen LogP contribution in [0.15, 0.2) is 10.9 Å². The van der Waals surface area contributed by atoms with E-state index in [2.05, 4.69) is 10.3 Å². The quantitative estimate of drug-likeness (QED) is 0.680. The van der Waals surface area contributed by atoms with Gasteiger partial charge >= 0.3 is 0 Å². The van der Waals surface area contributed by atoms with E-state index in [4.69, 9.17) is 5.11 Å². The van der Waals surface area contributed by atoms with Gasteiger partial charge in [-0.3, -0.25) is 9.59 Å². The minimum Gasteiger partial charge on any atom is -0.393 e. The van der Waals surface area contributed by atoms with E-state index >= 15 is 0 Å². The number of aliphatic hydroxyl groups excluding tert-OH is 1. The number of pyridine rings is 1. The van der Waals surface area contributed by atoms with Gasteiger partial charge in [0.05, 0.1) is 6.10 Å². The Kier molecular flexibility index (Phi) is 5.09. The van der Waals surface area contributed by atoms with Crippen LogP contribution in [0.2, 0.25) is 0 Å². The molecule has 1 atom stereocenters. The van der Waals surface area contributed by atoms with E-state index in [1.165, 1.54) is 0 Å². The summed E-state index contributed by atoms with van der Waals surface area (Å²) in [6.07, 6.45) is 0.946. The lowest BCUT2D eigenvalue weighted by atomic mass is 10.1. The third-order valence-corrected chi connectivity index (χ3v) is 2.68. The molecule has 0 aliphatic carbocycles. The summed E-state index contributed by atoms with van der Waals surface area (Å²) in [6.45, 7) is 5.68. The molecular weight excluding hydrogens is 232 g/mol. The fourth-order valence-electron chi connectivity index (χ4n) is 1.82. The van der Waals surface area contributed by atoms with Crippen molar-refractivity contribution >= 4 is 5.91 Å². The maximum atomic E-state index is 11.8. The molecule has 5 heteroatoms. The maximum Gasteiger partial charge on any atom is 0.261 e. The largest absolute Gasteiger partial charge is 0.393 e. The highest BCUT2D eigenvalue weighted by atomic mass is 16.3. The smallest absolute Gasteiger partial charge is 0.261 e. The van der Waals surface area contributed by atoms with E-state index in [0.717, 1.165) is 5.69 Å². The zero-order valence-corrected chi connectivity index (χ0v) is 11.0. The molecule has 1 aromatic heterocycles. The summed E-state index contributed by atoms with van der Waals surface area (Å²) < 4.78 is 0. The molecular formula is C13H20N2O3. The number of H-pyrrole nitrogens is 1. The van der Waals surface area contributed by atoms with Crippen LogP contribution in [0, 0.1) is 13.8 Å². The molecule has 0 spiro atoms. The Labute approximate surface area is 106 Å². The average Bonchev–Trinajstić information content (AvgIpc) is 2.22. The predicted molar refractivity (Wildman–Crippen MR) is 69.8 cm³/mol. The van der Waals surface area contributed by atoms with Gasteiger partial charge in [-0.1, -0.05) is 0 Å². The average molecular weight is 252 g/mol. The second kappa shape index (κ2) is 6.35. The van der Waals surface area contributed by atoms with Crippen molar-refractivity contribution in [3.8, 4) is 0 Å². The molecule has 0 aliphatic heterocycles. The van der Waals surface area contributed by atoms with Gasteiger partial charge in [0.2, 0.25) is 0 Å². The Bertz CT molecular complexity index is 478. The first-order chi connectivity index (χ1) is 8.41. The first kappa shape index (κ1) is 14.4. The molecule has 5 nitrogen and oxygen atoms in total. The third-order valence-electron chi connectivity index (χ3n) is 2.68. The third kappa shape index (κ3) is 4.00. The number of aromatic amines is 1. The normalized spacial score (nSPS) is 12.2. The maximum absolute atomic E-state index is 11.8. The van der Waals surface area contributed by atoms with Crippen molar-refractivity contribution in [2.75, 3.05) is 6.54 Å². The molecule has 100 valence electrons.